The highest BCUT2D eigenvalue weighted by Crippen LogP contribution is 2.38. The monoisotopic (exact) mass is 266 g/mol. The molecule has 4 heteroatoms. The van der Waals surface area contributed by atoms with Gasteiger partial charge in [-0.15, -0.1) is 22.7 Å². The maximum absolute atomic E-state index is 4.73. The predicted molar refractivity (Wildman–Crippen MR) is 77.2 cm³/mol. The topological polar surface area (TPSA) is 25.8 Å². The Labute approximate surface area is 111 Å². The van der Waals surface area contributed by atoms with E-state index in [-0.39, 0.29) is 0 Å². The van der Waals surface area contributed by atoms with Crippen LogP contribution in [0, 0.1) is 0 Å². The molecule has 84 valence electrons. The van der Waals surface area contributed by atoms with Gasteiger partial charge in [0.2, 0.25) is 0 Å². The zero-order valence-electron chi connectivity index (χ0n) is 9.18. The van der Waals surface area contributed by atoms with Gasteiger partial charge in [-0.05, 0) is 12.1 Å². The summed E-state index contributed by atoms with van der Waals surface area (Å²) in [5.41, 5.74) is 4.55. The maximum atomic E-state index is 4.73. The summed E-state index contributed by atoms with van der Waals surface area (Å²) in [7, 11) is 0. The lowest BCUT2D eigenvalue weighted by atomic mass is 10.1. The van der Waals surface area contributed by atoms with E-state index in [9.17, 15) is 0 Å². The van der Waals surface area contributed by atoms with Gasteiger partial charge < -0.3 is 0 Å². The molecular formula is C14H6N2S2. The van der Waals surface area contributed by atoms with Crippen LogP contribution >= 0.6 is 22.7 Å². The second kappa shape index (κ2) is 2.96. The lowest BCUT2D eigenvalue weighted by Gasteiger charge is -1.98. The van der Waals surface area contributed by atoms with Crippen molar-refractivity contribution in [2.24, 2.45) is 0 Å². The summed E-state index contributed by atoms with van der Waals surface area (Å²) >= 11 is 3.48. The molecule has 8 bridgehead atoms. The van der Waals surface area contributed by atoms with Gasteiger partial charge in [-0.2, -0.15) is 0 Å². The van der Waals surface area contributed by atoms with E-state index in [0.717, 1.165) is 21.0 Å². The number of hydrogen-bond acceptors (Lipinski definition) is 4. The minimum atomic E-state index is 1.09. The summed E-state index contributed by atoms with van der Waals surface area (Å²) in [6, 6.07) is 12.9. The van der Waals surface area contributed by atoms with Gasteiger partial charge >= 0.3 is 0 Å². The highest BCUT2D eigenvalue weighted by molar-refractivity contribution is 7.23. The zero-order chi connectivity index (χ0) is 11.7. The van der Waals surface area contributed by atoms with Gasteiger partial charge in [0.15, 0.2) is 0 Å². The Hall–Kier alpha value is -1.78. The van der Waals surface area contributed by atoms with E-state index >= 15 is 0 Å². The van der Waals surface area contributed by atoms with Crippen LogP contribution < -0.4 is 0 Å². The van der Waals surface area contributed by atoms with E-state index in [1.807, 2.05) is 0 Å². The van der Waals surface area contributed by atoms with Crippen LogP contribution in [0.25, 0.3) is 41.6 Å². The number of aromatic nitrogens is 2. The largest absolute Gasteiger partial charge is 0.236 e. The highest BCUT2D eigenvalue weighted by atomic mass is 32.1. The first-order valence-corrected chi connectivity index (χ1v) is 7.32. The van der Waals surface area contributed by atoms with Crippen LogP contribution in [0.3, 0.4) is 0 Å². The molecule has 0 aliphatic carbocycles. The summed E-state index contributed by atoms with van der Waals surface area (Å²) < 4.78 is 2.44. The van der Waals surface area contributed by atoms with Crippen molar-refractivity contribution in [1.29, 1.82) is 0 Å². The second-order valence-electron chi connectivity index (χ2n) is 4.40. The molecule has 0 fully saturated rings. The van der Waals surface area contributed by atoms with E-state index in [1.54, 1.807) is 22.7 Å². The van der Waals surface area contributed by atoms with Gasteiger partial charge in [-0.3, -0.25) is 0 Å². The Balaban J connectivity index is 2.14. The summed E-state index contributed by atoms with van der Waals surface area (Å²) in [5, 5.41) is 2.19. The molecule has 2 aromatic heterocycles. The molecular weight excluding hydrogens is 260 g/mol. The summed E-state index contributed by atoms with van der Waals surface area (Å²) in [4.78, 5) is 9.46. The van der Waals surface area contributed by atoms with Gasteiger partial charge in [0.1, 0.15) is 10.0 Å². The molecule has 2 aromatic carbocycles. The van der Waals surface area contributed by atoms with Crippen molar-refractivity contribution in [1.82, 2.24) is 9.97 Å². The van der Waals surface area contributed by atoms with Crippen LogP contribution in [0.4, 0.5) is 0 Å². The van der Waals surface area contributed by atoms with Crippen LogP contribution in [-0.2, 0) is 0 Å². The van der Waals surface area contributed by atoms with Crippen molar-refractivity contribution in [2.75, 3.05) is 0 Å². The fourth-order valence-electron chi connectivity index (χ4n) is 2.35. The Morgan fingerprint density at radius 3 is 1.56 bits per heavy atom. The minimum absolute atomic E-state index is 1.09. The molecule has 4 aliphatic rings. The third-order valence-electron chi connectivity index (χ3n) is 3.28. The Morgan fingerprint density at radius 2 is 1.11 bits per heavy atom. The lowest BCUT2D eigenvalue weighted by molar-refractivity contribution is 1.45. The fraction of sp³-hybridized carbons (Fsp3) is 0. The number of nitrogens with zero attached hydrogens (tertiary/aromatic N) is 2. The van der Waals surface area contributed by atoms with E-state index in [0.29, 0.717) is 0 Å². The van der Waals surface area contributed by atoms with E-state index < -0.39 is 0 Å². The molecule has 8 rings (SSSR count). The van der Waals surface area contributed by atoms with E-state index in [1.165, 1.54) is 20.5 Å². The van der Waals surface area contributed by atoms with Gasteiger partial charge in [0, 0.05) is 11.1 Å². The second-order valence-corrected chi connectivity index (χ2v) is 6.46. The number of benzene rings is 2. The molecule has 0 atom stereocenters. The normalized spacial score (nSPS) is 12.4. The number of rotatable bonds is 0. The molecule has 0 spiro atoms. The van der Waals surface area contributed by atoms with Crippen molar-refractivity contribution in [3.63, 3.8) is 0 Å². The first-order valence-electron chi connectivity index (χ1n) is 5.69. The average Bonchev–Trinajstić information content (AvgIpc) is 2.95. The molecule has 0 saturated heterocycles. The van der Waals surface area contributed by atoms with E-state index in [4.69, 9.17) is 9.97 Å². The smallest absolute Gasteiger partial charge is 0.124 e. The molecule has 0 amide bonds. The van der Waals surface area contributed by atoms with Crippen molar-refractivity contribution in [3.8, 4) is 21.1 Å². The fourth-order valence-corrected chi connectivity index (χ4v) is 4.32. The molecule has 6 heterocycles. The maximum Gasteiger partial charge on any atom is 0.124 e. The van der Waals surface area contributed by atoms with Gasteiger partial charge in [0.05, 0.1) is 20.4 Å². The van der Waals surface area contributed by atoms with Crippen molar-refractivity contribution in [3.05, 3.63) is 36.4 Å². The molecule has 2 nitrogen and oxygen atoms in total. The van der Waals surface area contributed by atoms with Crippen molar-refractivity contribution < 1.29 is 0 Å². The van der Waals surface area contributed by atoms with Gasteiger partial charge in [-0.1, -0.05) is 24.3 Å². The minimum Gasteiger partial charge on any atom is -0.236 e. The van der Waals surface area contributed by atoms with Gasteiger partial charge in [0.25, 0.3) is 0 Å². The summed E-state index contributed by atoms with van der Waals surface area (Å²) in [6.45, 7) is 0. The molecule has 4 aromatic rings. The average molecular weight is 266 g/mol. The molecule has 0 N–H and O–H groups in total. The third kappa shape index (κ3) is 1.07. The SMILES string of the molecule is c1cc2ccc1-c1nc3cc4sc-2nc4cc3s1. The highest BCUT2D eigenvalue weighted by Gasteiger charge is 2.13. The van der Waals surface area contributed by atoms with Crippen LogP contribution in [0.5, 0.6) is 0 Å². The van der Waals surface area contributed by atoms with Crippen LogP contribution in [0.15, 0.2) is 36.4 Å². The van der Waals surface area contributed by atoms with Crippen molar-refractivity contribution in [2.45, 2.75) is 0 Å². The molecule has 0 unspecified atom stereocenters. The summed E-state index contributed by atoms with van der Waals surface area (Å²) in [6.07, 6.45) is 0. The predicted octanol–water partition coefficient (Wildman–Crippen LogP) is 4.55. The summed E-state index contributed by atoms with van der Waals surface area (Å²) in [5.74, 6) is 0. The quantitative estimate of drug-likeness (QED) is 0.411. The Kier molecular flexibility index (Phi) is 1.51. The van der Waals surface area contributed by atoms with Crippen molar-refractivity contribution >= 4 is 43.1 Å². The first kappa shape index (κ1) is 9.19. The number of thiazole rings is 2. The van der Waals surface area contributed by atoms with E-state index in [2.05, 4.69) is 36.4 Å². The van der Waals surface area contributed by atoms with Gasteiger partial charge in [-0.25, -0.2) is 9.97 Å². The van der Waals surface area contributed by atoms with Crippen LogP contribution in [-0.4, -0.2) is 9.97 Å². The molecule has 0 saturated carbocycles. The molecule has 4 aliphatic heterocycles. The standard InChI is InChI=1S/C14H6N2S2/c1-2-8-4-3-7(1)13-15-9-5-12-10(6-11(9)17-13)16-14(8)18-12/h1-6H. The zero-order valence-corrected chi connectivity index (χ0v) is 10.8. The first-order chi connectivity index (χ1) is 8.87. The number of hydrogen-bond donors (Lipinski definition) is 0. The Morgan fingerprint density at radius 1 is 0.667 bits per heavy atom. The van der Waals surface area contributed by atoms with Crippen LogP contribution in [0.2, 0.25) is 0 Å². The molecule has 18 heavy (non-hydrogen) atoms. The lowest BCUT2D eigenvalue weighted by Crippen LogP contribution is -1.79. The third-order valence-corrected chi connectivity index (χ3v) is 5.41. The van der Waals surface area contributed by atoms with Crippen LogP contribution in [0.1, 0.15) is 0 Å². The Bertz CT molecular complexity index is 792. The molecule has 0 radical (unpaired) electrons.